The van der Waals surface area contributed by atoms with E-state index in [-0.39, 0.29) is 0 Å². The third-order valence-corrected chi connectivity index (χ3v) is 7.05. The van der Waals surface area contributed by atoms with Crippen molar-refractivity contribution in [2.24, 2.45) is 0 Å². The molecule has 4 aromatic heterocycles. The monoisotopic (exact) mass is 481 g/mol. The van der Waals surface area contributed by atoms with Crippen molar-refractivity contribution < 1.29 is 4.79 Å². The predicted molar refractivity (Wildman–Crippen MR) is 142 cm³/mol. The number of H-pyrrole nitrogens is 1. The molecule has 9 heteroatoms. The summed E-state index contributed by atoms with van der Waals surface area (Å²) in [6, 6.07) is 16.1. The highest BCUT2D eigenvalue weighted by Crippen LogP contribution is 2.32. The van der Waals surface area contributed by atoms with Gasteiger partial charge in [0.25, 0.3) is 0 Å². The van der Waals surface area contributed by atoms with Gasteiger partial charge in [0.2, 0.25) is 0 Å². The van der Waals surface area contributed by atoms with E-state index in [0.29, 0.717) is 10.7 Å². The van der Waals surface area contributed by atoms with Gasteiger partial charge in [0.15, 0.2) is 12.1 Å². The first kappa shape index (κ1) is 21.5. The van der Waals surface area contributed by atoms with Gasteiger partial charge in [-0.05, 0) is 55.9 Å². The van der Waals surface area contributed by atoms with E-state index in [0.717, 1.165) is 68.5 Å². The number of thiophene rings is 1. The van der Waals surface area contributed by atoms with Crippen LogP contribution in [0.3, 0.4) is 0 Å². The van der Waals surface area contributed by atoms with Crippen molar-refractivity contribution in [2.75, 3.05) is 26.0 Å². The van der Waals surface area contributed by atoms with E-state index < -0.39 is 0 Å². The third-order valence-electron chi connectivity index (χ3n) is 6.02. The molecule has 6 rings (SSSR count). The molecule has 0 unspecified atom stereocenters. The van der Waals surface area contributed by atoms with Crippen LogP contribution in [-0.2, 0) is 6.54 Å². The van der Waals surface area contributed by atoms with E-state index in [1.165, 1.54) is 11.3 Å². The molecule has 0 spiro atoms. The van der Waals surface area contributed by atoms with Gasteiger partial charge in [0, 0.05) is 40.6 Å². The molecule has 2 N–H and O–H groups in total. The number of anilines is 2. The van der Waals surface area contributed by atoms with Gasteiger partial charge in [-0.25, -0.2) is 9.97 Å². The van der Waals surface area contributed by atoms with Gasteiger partial charge in [-0.3, -0.25) is 9.89 Å². The number of hydrogen-bond donors (Lipinski definition) is 2. The maximum Gasteiger partial charge on any atom is 0.163 e. The van der Waals surface area contributed by atoms with Crippen molar-refractivity contribution in [1.82, 2.24) is 29.6 Å². The Kier molecular flexibility index (Phi) is 5.28. The van der Waals surface area contributed by atoms with Crippen molar-refractivity contribution in [3.05, 3.63) is 65.8 Å². The lowest BCUT2D eigenvalue weighted by Gasteiger charge is -2.13. The molecule has 0 saturated carbocycles. The van der Waals surface area contributed by atoms with Gasteiger partial charge in [0.1, 0.15) is 11.5 Å². The Morgan fingerprint density at radius 1 is 1.09 bits per heavy atom. The van der Waals surface area contributed by atoms with Crippen molar-refractivity contribution >= 4 is 61.2 Å². The third kappa shape index (κ3) is 4.05. The molecule has 174 valence electrons. The number of aromatic nitrogens is 5. The van der Waals surface area contributed by atoms with Crippen LogP contribution in [0.2, 0.25) is 0 Å². The zero-order chi connectivity index (χ0) is 23.9. The molecule has 6 aromatic rings. The number of carbonyl (C=O) groups is 1. The Morgan fingerprint density at radius 3 is 2.86 bits per heavy atom. The Morgan fingerprint density at radius 2 is 2.00 bits per heavy atom. The molecule has 0 aliphatic heterocycles. The molecule has 35 heavy (non-hydrogen) atoms. The Labute approximate surface area is 205 Å². The fraction of sp³-hybridized carbons (Fsp3) is 0.154. The smallest absolute Gasteiger partial charge is 0.163 e. The second-order valence-corrected chi connectivity index (χ2v) is 9.88. The first-order chi connectivity index (χ1) is 17.1. The van der Waals surface area contributed by atoms with Crippen LogP contribution in [0.15, 0.2) is 60.9 Å². The Balaban J connectivity index is 1.48. The van der Waals surface area contributed by atoms with Gasteiger partial charge in [-0.1, -0.05) is 12.1 Å². The lowest BCUT2D eigenvalue weighted by molar-refractivity contribution is 0.112. The summed E-state index contributed by atoms with van der Waals surface area (Å²) in [4.78, 5) is 24.0. The summed E-state index contributed by atoms with van der Waals surface area (Å²) >= 11 is 1.48. The normalized spacial score (nSPS) is 11.7. The highest BCUT2D eigenvalue weighted by molar-refractivity contribution is 7.20. The van der Waals surface area contributed by atoms with Crippen molar-refractivity contribution in [2.45, 2.75) is 6.54 Å². The predicted octanol–water partition coefficient (Wildman–Crippen LogP) is 5.31. The summed E-state index contributed by atoms with van der Waals surface area (Å²) in [5.41, 5.74) is 3.70. The molecule has 0 fully saturated rings. The molecular formula is C26H23N7OS. The number of fused-ring (bicyclic) bond motifs is 3. The van der Waals surface area contributed by atoms with E-state index in [2.05, 4.69) is 57.4 Å². The molecule has 0 aliphatic carbocycles. The van der Waals surface area contributed by atoms with Crippen LogP contribution in [0, 0.1) is 0 Å². The molecule has 0 radical (unpaired) electrons. The highest BCUT2D eigenvalue weighted by atomic mass is 32.1. The molecule has 4 heterocycles. The molecule has 0 saturated heterocycles. The summed E-state index contributed by atoms with van der Waals surface area (Å²) in [6.07, 6.45) is 4.77. The highest BCUT2D eigenvalue weighted by Gasteiger charge is 2.15. The van der Waals surface area contributed by atoms with Crippen LogP contribution >= 0.6 is 11.3 Å². The molecule has 0 atom stereocenters. The molecular weight excluding hydrogens is 458 g/mol. The van der Waals surface area contributed by atoms with Crippen molar-refractivity contribution in [1.29, 1.82) is 0 Å². The summed E-state index contributed by atoms with van der Waals surface area (Å²) in [5, 5.41) is 13.6. The fourth-order valence-corrected chi connectivity index (χ4v) is 5.10. The number of benzene rings is 2. The van der Waals surface area contributed by atoms with Crippen LogP contribution < -0.4 is 5.32 Å². The van der Waals surface area contributed by atoms with Gasteiger partial charge >= 0.3 is 0 Å². The second kappa shape index (κ2) is 8.61. The summed E-state index contributed by atoms with van der Waals surface area (Å²) in [6.45, 7) is 1.72. The minimum absolute atomic E-state index is 0.636. The van der Waals surface area contributed by atoms with Crippen molar-refractivity contribution in [3.8, 4) is 11.4 Å². The minimum atomic E-state index is 0.636. The van der Waals surface area contributed by atoms with Gasteiger partial charge in [-0.2, -0.15) is 5.10 Å². The van der Waals surface area contributed by atoms with E-state index >= 15 is 0 Å². The number of nitrogens with one attached hydrogen (secondary N) is 2. The van der Waals surface area contributed by atoms with Gasteiger partial charge in [0.05, 0.1) is 22.0 Å². The number of carbonyl (C=O) groups excluding carboxylic acids is 1. The maximum atomic E-state index is 11.2. The Hall–Kier alpha value is -4.08. The largest absolute Gasteiger partial charge is 0.340 e. The lowest BCUT2D eigenvalue weighted by Crippen LogP contribution is -2.18. The van der Waals surface area contributed by atoms with Crippen LogP contribution in [-0.4, -0.2) is 56.6 Å². The van der Waals surface area contributed by atoms with Crippen LogP contribution in [0.4, 0.5) is 11.5 Å². The lowest BCUT2D eigenvalue weighted by atomic mass is 10.1. The topological polar surface area (TPSA) is 91.7 Å². The number of hydrogen-bond acceptors (Lipinski definition) is 7. The molecule has 0 aliphatic rings. The molecule has 8 nitrogen and oxygen atoms in total. The fourth-order valence-electron chi connectivity index (χ4n) is 4.18. The summed E-state index contributed by atoms with van der Waals surface area (Å²) in [5.74, 6) is 1.38. The van der Waals surface area contributed by atoms with E-state index in [1.807, 2.05) is 42.6 Å². The zero-order valence-electron chi connectivity index (χ0n) is 19.3. The van der Waals surface area contributed by atoms with Crippen molar-refractivity contribution in [3.63, 3.8) is 0 Å². The zero-order valence-corrected chi connectivity index (χ0v) is 20.1. The molecule has 2 aromatic carbocycles. The standard InChI is InChI=1S/C26H23N7OS/c1-32(2)9-10-33-8-7-21-25(28-19-5-6-22-18(11-19)14-27-31-22)29-24(30-26(21)33)17-4-3-16-12-20(15-34)35-23(16)13-17/h3-8,11-15H,9-10H2,1-2H3,(H,27,31)(H,28,29,30). The quantitative estimate of drug-likeness (QED) is 0.300. The number of likely N-dealkylation sites (N-methyl/N-ethyl adjacent to an activating group) is 1. The number of rotatable bonds is 7. The number of nitrogens with zero attached hydrogens (tertiary/aromatic N) is 5. The van der Waals surface area contributed by atoms with E-state index in [4.69, 9.17) is 9.97 Å². The first-order valence-corrected chi connectivity index (χ1v) is 12.1. The average molecular weight is 482 g/mol. The van der Waals surface area contributed by atoms with Crippen LogP contribution in [0.25, 0.3) is 43.4 Å². The number of aldehydes is 1. The maximum absolute atomic E-state index is 11.2. The minimum Gasteiger partial charge on any atom is -0.340 e. The van der Waals surface area contributed by atoms with Crippen LogP contribution in [0.5, 0.6) is 0 Å². The van der Waals surface area contributed by atoms with Crippen LogP contribution in [0.1, 0.15) is 9.67 Å². The van der Waals surface area contributed by atoms with Gasteiger partial charge in [-0.15, -0.1) is 11.3 Å². The molecule has 0 amide bonds. The first-order valence-electron chi connectivity index (χ1n) is 11.3. The SMILES string of the molecule is CN(C)CCn1ccc2c(Nc3ccc4[nH]ncc4c3)nc(-c3ccc4cc(C=O)sc4c3)nc21. The van der Waals surface area contributed by atoms with E-state index in [1.54, 1.807) is 0 Å². The average Bonchev–Trinajstić information content (AvgIpc) is 3.59. The van der Waals surface area contributed by atoms with E-state index in [9.17, 15) is 4.79 Å². The number of aromatic amines is 1. The second-order valence-electron chi connectivity index (χ2n) is 8.76. The molecule has 0 bridgehead atoms. The summed E-state index contributed by atoms with van der Waals surface area (Å²) < 4.78 is 3.20. The Bertz CT molecular complexity index is 1690. The summed E-state index contributed by atoms with van der Waals surface area (Å²) in [7, 11) is 4.13. The van der Waals surface area contributed by atoms with Gasteiger partial charge < -0.3 is 14.8 Å².